The van der Waals surface area contributed by atoms with E-state index in [2.05, 4.69) is 20.2 Å². The van der Waals surface area contributed by atoms with Crippen LogP contribution in [0.4, 0.5) is 5.82 Å². The molecule has 11 nitrogen and oxygen atoms in total. The van der Waals surface area contributed by atoms with Gasteiger partial charge in [0.1, 0.15) is 35.3 Å². The number of hydrogen-bond acceptors (Lipinski definition) is 11. The molecule has 4 N–H and O–H groups in total. The first-order chi connectivity index (χ1) is 16.3. The van der Waals surface area contributed by atoms with Gasteiger partial charge in [-0.25, -0.2) is 14.5 Å². The molecule has 178 valence electrons. The molecule has 4 rings (SSSR count). The van der Waals surface area contributed by atoms with Crippen LogP contribution in [0.5, 0.6) is 5.75 Å². The lowest BCUT2D eigenvalue weighted by Crippen LogP contribution is -2.16. The standard InChI is InChI=1S/C22H25N7O4S/c1-5-31-21(30)16-13(4)33-20-17(16)19(23)25-14(26-20)10-34-22-28-27-15(29(22)24)9-32-18-11(2)7-6-8-12(18)3/h6-8H,5,9-10,24H2,1-4H3,(H2,23,25,26). The highest BCUT2D eigenvalue weighted by Gasteiger charge is 2.24. The van der Waals surface area contributed by atoms with Crippen molar-refractivity contribution in [2.45, 2.75) is 45.2 Å². The number of ether oxygens (including phenoxy) is 2. The number of esters is 1. The zero-order valence-corrected chi connectivity index (χ0v) is 20.1. The van der Waals surface area contributed by atoms with Gasteiger partial charge in [-0.1, -0.05) is 30.0 Å². The van der Waals surface area contributed by atoms with E-state index in [9.17, 15) is 4.79 Å². The third-order valence-corrected chi connectivity index (χ3v) is 6.04. The summed E-state index contributed by atoms with van der Waals surface area (Å²) in [4.78, 5) is 21.0. The topological polar surface area (TPSA) is 157 Å². The van der Waals surface area contributed by atoms with Crippen LogP contribution in [0, 0.1) is 20.8 Å². The van der Waals surface area contributed by atoms with Crippen LogP contribution in [0.15, 0.2) is 27.8 Å². The lowest BCUT2D eigenvalue weighted by molar-refractivity contribution is 0.0526. The SMILES string of the molecule is CCOC(=O)c1c(C)oc2nc(CSc3nnc(COc4c(C)cccc4C)n3N)nc(N)c12. The molecule has 12 heteroatoms. The van der Waals surface area contributed by atoms with E-state index in [4.69, 9.17) is 25.5 Å². The highest BCUT2D eigenvalue weighted by molar-refractivity contribution is 7.98. The molecule has 3 aromatic heterocycles. The molecular formula is C22H25N7O4S. The number of nitrogen functional groups attached to an aromatic ring is 2. The number of aromatic nitrogens is 5. The zero-order chi connectivity index (χ0) is 24.4. The Balaban J connectivity index is 1.48. The van der Waals surface area contributed by atoms with E-state index in [-0.39, 0.29) is 30.3 Å². The Labute approximate surface area is 199 Å². The Kier molecular flexibility index (Phi) is 6.59. The van der Waals surface area contributed by atoms with Gasteiger partial charge in [-0.05, 0) is 38.8 Å². The van der Waals surface area contributed by atoms with E-state index >= 15 is 0 Å². The number of nitrogens with two attached hydrogens (primary N) is 2. The lowest BCUT2D eigenvalue weighted by Gasteiger charge is -2.11. The zero-order valence-electron chi connectivity index (χ0n) is 19.3. The van der Waals surface area contributed by atoms with Crippen LogP contribution in [0.2, 0.25) is 0 Å². The fourth-order valence-corrected chi connectivity index (χ4v) is 4.22. The second-order valence-corrected chi connectivity index (χ2v) is 8.47. The van der Waals surface area contributed by atoms with Crippen LogP contribution in [0.1, 0.15) is 45.8 Å². The monoisotopic (exact) mass is 483 g/mol. The number of hydrogen-bond donors (Lipinski definition) is 2. The minimum Gasteiger partial charge on any atom is -0.485 e. The molecule has 0 radical (unpaired) electrons. The predicted molar refractivity (Wildman–Crippen MR) is 127 cm³/mol. The summed E-state index contributed by atoms with van der Waals surface area (Å²) in [7, 11) is 0. The van der Waals surface area contributed by atoms with Crippen LogP contribution < -0.4 is 16.3 Å². The molecule has 0 saturated carbocycles. The summed E-state index contributed by atoms with van der Waals surface area (Å²) in [5, 5.41) is 9.07. The normalized spacial score (nSPS) is 11.2. The highest BCUT2D eigenvalue weighted by atomic mass is 32.2. The Morgan fingerprint density at radius 3 is 2.62 bits per heavy atom. The molecule has 1 aromatic carbocycles. The largest absolute Gasteiger partial charge is 0.485 e. The summed E-state index contributed by atoms with van der Waals surface area (Å²) in [6, 6.07) is 5.94. The molecule has 4 aromatic rings. The molecule has 0 amide bonds. The summed E-state index contributed by atoms with van der Waals surface area (Å²) < 4.78 is 18.0. The Bertz CT molecular complexity index is 1350. The maximum absolute atomic E-state index is 12.3. The third kappa shape index (κ3) is 4.49. The smallest absolute Gasteiger partial charge is 0.342 e. The van der Waals surface area contributed by atoms with Crippen molar-refractivity contribution in [3.8, 4) is 5.75 Å². The van der Waals surface area contributed by atoms with Crippen LogP contribution in [-0.4, -0.2) is 37.4 Å². The minimum atomic E-state index is -0.525. The summed E-state index contributed by atoms with van der Waals surface area (Å²) in [6.07, 6.45) is 0. The molecule has 0 atom stereocenters. The molecule has 0 aliphatic rings. The Morgan fingerprint density at radius 1 is 1.18 bits per heavy atom. The molecule has 3 heterocycles. The molecule has 0 aliphatic carbocycles. The first-order valence-corrected chi connectivity index (χ1v) is 11.5. The molecule has 0 bridgehead atoms. The van der Waals surface area contributed by atoms with Gasteiger partial charge in [-0.15, -0.1) is 10.2 Å². The molecule has 0 saturated heterocycles. The van der Waals surface area contributed by atoms with Crippen molar-refractivity contribution in [1.82, 2.24) is 24.8 Å². The van der Waals surface area contributed by atoms with Gasteiger partial charge >= 0.3 is 5.97 Å². The summed E-state index contributed by atoms with van der Waals surface area (Å²) in [6.45, 7) is 7.75. The van der Waals surface area contributed by atoms with Gasteiger partial charge in [0.15, 0.2) is 5.82 Å². The average Bonchev–Trinajstić information content (AvgIpc) is 3.31. The summed E-state index contributed by atoms with van der Waals surface area (Å²) >= 11 is 1.29. The van der Waals surface area contributed by atoms with Gasteiger partial charge in [0.25, 0.3) is 0 Å². The van der Waals surface area contributed by atoms with Gasteiger partial charge in [0, 0.05) is 0 Å². The van der Waals surface area contributed by atoms with E-state index in [1.54, 1.807) is 13.8 Å². The van der Waals surface area contributed by atoms with E-state index in [1.807, 2.05) is 32.0 Å². The second kappa shape index (κ2) is 9.59. The third-order valence-electron chi connectivity index (χ3n) is 5.10. The van der Waals surface area contributed by atoms with Crippen molar-refractivity contribution < 1.29 is 18.7 Å². The maximum Gasteiger partial charge on any atom is 0.342 e. The lowest BCUT2D eigenvalue weighted by atomic mass is 10.1. The second-order valence-electron chi connectivity index (χ2n) is 7.53. The van der Waals surface area contributed by atoms with Crippen molar-refractivity contribution >= 4 is 34.6 Å². The number of anilines is 1. The van der Waals surface area contributed by atoms with Crippen molar-refractivity contribution in [2.75, 3.05) is 18.2 Å². The van der Waals surface area contributed by atoms with Gasteiger partial charge in [0.05, 0.1) is 17.7 Å². The molecule has 0 unspecified atom stereocenters. The number of carbonyl (C=O) groups is 1. The summed E-state index contributed by atoms with van der Waals surface area (Å²) in [5.74, 6) is 8.13. The number of aryl methyl sites for hydroxylation is 3. The van der Waals surface area contributed by atoms with Crippen molar-refractivity contribution in [3.63, 3.8) is 0 Å². The van der Waals surface area contributed by atoms with Crippen LogP contribution in [0.25, 0.3) is 11.1 Å². The number of benzene rings is 1. The Hall–Kier alpha value is -3.80. The fraction of sp³-hybridized carbons (Fsp3) is 0.318. The van der Waals surface area contributed by atoms with Crippen LogP contribution in [0.3, 0.4) is 0 Å². The molecule has 0 aliphatic heterocycles. The number of carbonyl (C=O) groups excluding carboxylic acids is 1. The van der Waals surface area contributed by atoms with Crippen LogP contribution in [-0.2, 0) is 17.1 Å². The van der Waals surface area contributed by atoms with E-state index in [1.165, 1.54) is 16.4 Å². The van der Waals surface area contributed by atoms with E-state index < -0.39 is 5.97 Å². The molecular weight excluding hydrogens is 458 g/mol. The highest BCUT2D eigenvalue weighted by Crippen LogP contribution is 2.30. The number of furan rings is 1. The van der Waals surface area contributed by atoms with Crippen molar-refractivity contribution in [3.05, 3.63) is 52.3 Å². The number of para-hydroxylation sites is 1. The maximum atomic E-state index is 12.3. The first-order valence-electron chi connectivity index (χ1n) is 10.5. The predicted octanol–water partition coefficient (Wildman–Crippen LogP) is 3.08. The minimum absolute atomic E-state index is 0.136. The van der Waals surface area contributed by atoms with Crippen LogP contribution >= 0.6 is 11.8 Å². The molecule has 0 fully saturated rings. The number of nitrogens with zero attached hydrogens (tertiary/aromatic N) is 5. The number of thioether (sulfide) groups is 1. The quantitative estimate of drug-likeness (QED) is 0.215. The number of fused-ring (bicyclic) bond motifs is 1. The fourth-order valence-electron chi connectivity index (χ4n) is 3.49. The first kappa shape index (κ1) is 23.4. The average molecular weight is 484 g/mol. The van der Waals surface area contributed by atoms with Gasteiger partial charge in [-0.3, -0.25) is 0 Å². The Morgan fingerprint density at radius 2 is 1.91 bits per heavy atom. The van der Waals surface area contributed by atoms with Crippen molar-refractivity contribution in [2.24, 2.45) is 0 Å². The molecule has 34 heavy (non-hydrogen) atoms. The number of rotatable bonds is 8. The van der Waals surface area contributed by atoms with Gasteiger partial charge in [-0.2, -0.15) is 4.98 Å². The summed E-state index contributed by atoms with van der Waals surface area (Å²) in [5.41, 5.74) is 8.65. The van der Waals surface area contributed by atoms with E-state index in [0.717, 1.165) is 16.9 Å². The van der Waals surface area contributed by atoms with Gasteiger partial charge < -0.3 is 25.5 Å². The van der Waals surface area contributed by atoms with E-state index in [0.29, 0.717) is 33.7 Å². The van der Waals surface area contributed by atoms with Crippen molar-refractivity contribution in [1.29, 1.82) is 0 Å². The molecule has 0 spiro atoms. The van der Waals surface area contributed by atoms with Gasteiger partial charge in [0.2, 0.25) is 10.9 Å².